The highest BCUT2D eigenvalue weighted by molar-refractivity contribution is 7.99. The smallest absolute Gasteiger partial charge is 0.317 e. The van der Waals surface area contributed by atoms with Crippen LogP contribution in [0.3, 0.4) is 0 Å². The Bertz CT molecular complexity index is 624. The molecule has 1 aromatic heterocycles. The van der Waals surface area contributed by atoms with Crippen molar-refractivity contribution in [2.75, 3.05) is 24.6 Å². The number of urea groups is 1. The fourth-order valence-corrected chi connectivity index (χ4v) is 3.43. The number of nitrogens with one attached hydrogen (secondary N) is 1. The first-order valence-corrected chi connectivity index (χ1v) is 8.99. The summed E-state index contributed by atoms with van der Waals surface area (Å²) >= 11 is 1.89. The van der Waals surface area contributed by atoms with Crippen LogP contribution >= 0.6 is 11.8 Å². The van der Waals surface area contributed by atoms with Gasteiger partial charge in [0.05, 0.1) is 6.54 Å². The number of aromatic nitrogens is 3. The first kappa shape index (κ1) is 15.9. The molecular weight excluding hydrogens is 310 g/mol. The molecule has 122 valence electrons. The van der Waals surface area contributed by atoms with Crippen molar-refractivity contribution < 1.29 is 4.79 Å². The van der Waals surface area contributed by atoms with Crippen LogP contribution in [-0.2, 0) is 19.5 Å². The van der Waals surface area contributed by atoms with Gasteiger partial charge in [0.15, 0.2) is 5.82 Å². The van der Waals surface area contributed by atoms with Gasteiger partial charge in [-0.25, -0.2) is 4.79 Å². The number of carbonyl (C=O) groups is 1. The van der Waals surface area contributed by atoms with Crippen LogP contribution < -0.4 is 5.32 Å². The van der Waals surface area contributed by atoms with Crippen molar-refractivity contribution in [1.82, 2.24) is 25.0 Å². The average Bonchev–Trinajstić information content (AvgIpc) is 3.07. The molecule has 1 N–H and O–H groups in total. The van der Waals surface area contributed by atoms with E-state index in [9.17, 15) is 4.79 Å². The van der Waals surface area contributed by atoms with Gasteiger partial charge in [0.25, 0.3) is 0 Å². The lowest BCUT2D eigenvalue weighted by molar-refractivity contribution is 0.202. The second-order valence-corrected chi connectivity index (χ2v) is 6.66. The third kappa shape index (κ3) is 4.48. The molecule has 0 atom stereocenters. The predicted octanol–water partition coefficient (Wildman–Crippen LogP) is 1.78. The molecule has 0 aliphatic carbocycles. The van der Waals surface area contributed by atoms with Crippen molar-refractivity contribution in [3.8, 4) is 0 Å². The summed E-state index contributed by atoms with van der Waals surface area (Å²) in [5.41, 5.74) is 1.28. The van der Waals surface area contributed by atoms with Gasteiger partial charge >= 0.3 is 6.03 Å². The molecule has 0 bridgehead atoms. The zero-order valence-corrected chi connectivity index (χ0v) is 13.8. The quantitative estimate of drug-likeness (QED) is 0.907. The van der Waals surface area contributed by atoms with E-state index in [1.165, 1.54) is 5.56 Å². The Morgan fingerprint density at radius 1 is 1.22 bits per heavy atom. The Morgan fingerprint density at radius 2 is 2.00 bits per heavy atom. The summed E-state index contributed by atoms with van der Waals surface area (Å²) < 4.78 is 2.00. The maximum absolute atomic E-state index is 12.1. The average molecular weight is 331 g/mol. The van der Waals surface area contributed by atoms with Gasteiger partial charge in [-0.1, -0.05) is 30.3 Å². The van der Waals surface area contributed by atoms with Crippen molar-refractivity contribution in [3.63, 3.8) is 0 Å². The highest BCUT2D eigenvalue weighted by Gasteiger charge is 2.16. The number of aryl methyl sites for hydroxylation is 2. The Hall–Kier alpha value is -2.02. The molecule has 3 rings (SSSR count). The van der Waals surface area contributed by atoms with Gasteiger partial charge in [-0.3, -0.25) is 0 Å². The molecule has 1 aromatic carbocycles. The van der Waals surface area contributed by atoms with E-state index >= 15 is 0 Å². The molecule has 6 nitrogen and oxygen atoms in total. The lowest BCUT2D eigenvalue weighted by Gasteiger charge is -2.26. The molecular formula is C16H21N5OS. The van der Waals surface area contributed by atoms with E-state index in [0.29, 0.717) is 6.54 Å². The highest BCUT2D eigenvalue weighted by Crippen LogP contribution is 2.09. The van der Waals surface area contributed by atoms with E-state index in [-0.39, 0.29) is 6.03 Å². The van der Waals surface area contributed by atoms with Crippen LogP contribution in [0.1, 0.15) is 11.4 Å². The Labute approximate surface area is 140 Å². The lowest BCUT2D eigenvalue weighted by Crippen LogP contribution is -2.44. The van der Waals surface area contributed by atoms with E-state index < -0.39 is 0 Å². The summed E-state index contributed by atoms with van der Waals surface area (Å²) in [6.45, 7) is 2.86. The summed E-state index contributed by atoms with van der Waals surface area (Å²) in [6, 6.07) is 10.3. The van der Waals surface area contributed by atoms with Crippen LogP contribution in [0.15, 0.2) is 36.7 Å². The summed E-state index contributed by atoms with van der Waals surface area (Å²) in [6.07, 6.45) is 2.64. The molecule has 1 aliphatic heterocycles. The number of carbonyl (C=O) groups excluding carboxylic acids is 1. The summed E-state index contributed by atoms with van der Waals surface area (Å²) in [5, 5.41) is 11.0. The molecule has 1 fully saturated rings. The third-order valence-electron chi connectivity index (χ3n) is 3.88. The van der Waals surface area contributed by atoms with Gasteiger partial charge in [0, 0.05) is 31.1 Å². The van der Waals surface area contributed by atoms with Crippen LogP contribution in [0.2, 0.25) is 0 Å². The normalized spacial score (nSPS) is 14.7. The van der Waals surface area contributed by atoms with Crippen LogP contribution in [0.25, 0.3) is 0 Å². The van der Waals surface area contributed by atoms with Gasteiger partial charge in [-0.2, -0.15) is 11.8 Å². The minimum Gasteiger partial charge on any atom is -0.331 e. The Balaban J connectivity index is 1.51. The van der Waals surface area contributed by atoms with Crippen molar-refractivity contribution in [1.29, 1.82) is 0 Å². The second kappa shape index (κ2) is 8.01. The molecule has 2 heterocycles. The predicted molar refractivity (Wildman–Crippen MR) is 91.3 cm³/mol. The number of amides is 2. The highest BCUT2D eigenvalue weighted by atomic mass is 32.2. The third-order valence-corrected chi connectivity index (χ3v) is 4.82. The van der Waals surface area contributed by atoms with E-state index in [2.05, 4.69) is 27.6 Å². The zero-order chi connectivity index (χ0) is 15.9. The van der Waals surface area contributed by atoms with Crippen molar-refractivity contribution in [2.45, 2.75) is 19.5 Å². The van der Waals surface area contributed by atoms with E-state index in [0.717, 1.165) is 43.4 Å². The maximum atomic E-state index is 12.1. The fourth-order valence-electron chi connectivity index (χ4n) is 2.53. The van der Waals surface area contributed by atoms with Crippen LogP contribution in [0, 0.1) is 0 Å². The molecule has 0 unspecified atom stereocenters. The summed E-state index contributed by atoms with van der Waals surface area (Å²) in [4.78, 5) is 14.0. The largest absolute Gasteiger partial charge is 0.331 e. The van der Waals surface area contributed by atoms with Gasteiger partial charge in [0.2, 0.25) is 0 Å². The monoisotopic (exact) mass is 331 g/mol. The number of hydrogen-bond donors (Lipinski definition) is 1. The lowest BCUT2D eigenvalue weighted by atomic mass is 10.1. The number of nitrogens with zero attached hydrogens (tertiary/aromatic N) is 4. The number of rotatable bonds is 5. The van der Waals surface area contributed by atoms with Gasteiger partial charge in [0.1, 0.15) is 6.33 Å². The first-order chi connectivity index (χ1) is 11.3. The maximum Gasteiger partial charge on any atom is 0.317 e. The summed E-state index contributed by atoms with van der Waals surface area (Å²) in [5.74, 6) is 2.82. The molecule has 0 radical (unpaired) electrons. The SMILES string of the molecule is O=C(NCc1nncn1CCc1ccccc1)N1CCSCC1. The van der Waals surface area contributed by atoms with E-state index in [1.54, 1.807) is 6.33 Å². The van der Waals surface area contributed by atoms with Crippen molar-refractivity contribution in [2.24, 2.45) is 0 Å². The van der Waals surface area contributed by atoms with Gasteiger partial charge in [-0.05, 0) is 12.0 Å². The Kier molecular flexibility index (Phi) is 5.52. The summed E-state index contributed by atoms with van der Waals surface area (Å²) in [7, 11) is 0. The van der Waals surface area contributed by atoms with Gasteiger partial charge < -0.3 is 14.8 Å². The minimum atomic E-state index is -0.0112. The van der Waals surface area contributed by atoms with Crippen LogP contribution in [0.5, 0.6) is 0 Å². The molecule has 2 aromatic rings. The van der Waals surface area contributed by atoms with Gasteiger partial charge in [-0.15, -0.1) is 10.2 Å². The number of benzene rings is 1. The molecule has 0 saturated carbocycles. The standard InChI is InChI=1S/C16H21N5OS/c22-16(20-8-10-23-11-9-20)17-12-15-19-18-13-21(15)7-6-14-4-2-1-3-5-14/h1-5,13H,6-12H2,(H,17,22). The van der Waals surface area contributed by atoms with Crippen LogP contribution in [-0.4, -0.2) is 50.3 Å². The molecule has 7 heteroatoms. The topological polar surface area (TPSA) is 63.1 Å². The number of hydrogen-bond acceptors (Lipinski definition) is 4. The Morgan fingerprint density at radius 3 is 2.78 bits per heavy atom. The molecule has 1 saturated heterocycles. The number of thioether (sulfide) groups is 1. The molecule has 23 heavy (non-hydrogen) atoms. The van der Waals surface area contributed by atoms with Crippen molar-refractivity contribution >= 4 is 17.8 Å². The molecule has 1 aliphatic rings. The molecule has 0 spiro atoms. The van der Waals surface area contributed by atoms with Crippen LogP contribution in [0.4, 0.5) is 4.79 Å². The van der Waals surface area contributed by atoms with E-state index in [1.807, 2.05) is 39.4 Å². The first-order valence-electron chi connectivity index (χ1n) is 7.84. The zero-order valence-electron chi connectivity index (χ0n) is 13.0. The molecule has 2 amide bonds. The fraction of sp³-hybridized carbons (Fsp3) is 0.438. The minimum absolute atomic E-state index is 0.0112. The second-order valence-electron chi connectivity index (χ2n) is 5.43. The van der Waals surface area contributed by atoms with E-state index in [4.69, 9.17) is 0 Å². The van der Waals surface area contributed by atoms with Crippen molar-refractivity contribution in [3.05, 3.63) is 48.0 Å².